The average Bonchev–Trinajstić information content (AvgIpc) is 3.04. The van der Waals surface area contributed by atoms with Crippen LogP contribution in [0.25, 0.3) is 21.6 Å². The van der Waals surface area contributed by atoms with Crippen LogP contribution in [0.1, 0.15) is 35.7 Å². The van der Waals surface area contributed by atoms with E-state index in [1.807, 2.05) is 12.1 Å². The van der Waals surface area contributed by atoms with Gasteiger partial charge in [0.15, 0.2) is 0 Å². The predicted molar refractivity (Wildman–Crippen MR) is 96.2 cm³/mol. The maximum absolute atomic E-state index is 13.1. The number of aromatic carboxylic acids is 1. The minimum Gasteiger partial charge on any atom is -0.478 e. The quantitative estimate of drug-likeness (QED) is 0.628. The number of carbonyl (C=O) groups is 1. The van der Waals surface area contributed by atoms with Gasteiger partial charge in [0.1, 0.15) is 5.82 Å². The molecule has 4 heteroatoms. The summed E-state index contributed by atoms with van der Waals surface area (Å²) in [6.45, 7) is 4.17. The molecule has 0 amide bonds. The van der Waals surface area contributed by atoms with Crippen molar-refractivity contribution < 1.29 is 14.3 Å². The van der Waals surface area contributed by atoms with Crippen LogP contribution in [0.2, 0.25) is 0 Å². The summed E-state index contributed by atoms with van der Waals surface area (Å²) in [7, 11) is 0. The largest absolute Gasteiger partial charge is 0.478 e. The van der Waals surface area contributed by atoms with Crippen molar-refractivity contribution in [3.05, 3.63) is 70.9 Å². The van der Waals surface area contributed by atoms with Gasteiger partial charge in [-0.25, -0.2) is 9.18 Å². The van der Waals surface area contributed by atoms with Crippen molar-refractivity contribution >= 4 is 17.3 Å². The van der Waals surface area contributed by atoms with Gasteiger partial charge in [0.2, 0.25) is 0 Å². The van der Waals surface area contributed by atoms with E-state index >= 15 is 0 Å². The third-order valence-electron chi connectivity index (χ3n) is 3.99. The highest BCUT2D eigenvalue weighted by Gasteiger charge is 2.18. The Balaban J connectivity index is 2.13. The van der Waals surface area contributed by atoms with Crippen LogP contribution < -0.4 is 0 Å². The van der Waals surface area contributed by atoms with Crippen LogP contribution in [-0.4, -0.2) is 11.1 Å². The van der Waals surface area contributed by atoms with Gasteiger partial charge in [-0.15, -0.1) is 11.3 Å². The molecule has 1 aromatic heterocycles. The molecule has 3 rings (SSSR count). The van der Waals surface area contributed by atoms with Crippen LogP contribution in [0.5, 0.6) is 0 Å². The first kappa shape index (κ1) is 16.4. The number of halogens is 1. The van der Waals surface area contributed by atoms with Crippen molar-refractivity contribution in [3.63, 3.8) is 0 Å². The molecule has 24 heavy (non-hydrogen) atoms. The van der Waals surface area contributed by atoms with Crippen LogP contribution in [0.4, 0.5) is 4.39 Å². The molecule has 0 aliphatic carbocycles. The molecule has 1 heterocycles. The maximum Gasteiger partial charge on any atom is 0.337 e. The zero-order valence-electron chi connectivity index (χ0n) is 13.4. The summed E-state index contributed by atoms with van der Waals surface area (Å²) in [5.41, 5.74) is 4.30. The van der Waals surface area contributed by atoms with E-state index in [0.29, 0.717) is 5.56 Å². The molecular weight excluding hydrogens is 323 g/mol. The molecule has 0 bridgehead atoms. The third kappa shape index (κ3) is 3.10. The fourth-order valence-electron chi connectivity index (χ4n) is 2.76. The van der Waals surface area contributed by atoms with Crippen LogP contribution in [-0.2, 0) is 0 Å². The number of carboxylic acid groups (broad SMARTS) is 1. The highest BCUT2D eigenvalue weighted by molar-refractivity contribution is 7.14. The van der Waals surface area contributed by atoms with E-state index in [0.717, 1.165) is 27.1 Å². The molecule has 0 saturated heterocycles. The summed E-state index contributed by atoms with van der Waals surface area (Å²) in [5.74, 6) is -0.933. The third-order valence-corrected chi connectivity index (χ3v) is 4.94. The highest BCUT2D eigenvalue weighted by Crippen LogP contribution is 2.37. The van der Waals surface area contributed by atoms with E-state index in [1.54, 1.807) is 23.6 Å². The molecule has 0 radical (unpaired) electrons. The van der Waals surface area contributed by atoms with Gasteiger partial charge < -0.3 is 5.11 Å². The van der Waals surface area contributed by atoms with Crippen molar-refractivity contribution in [1.29, 1.82) is 0 Å². The summed E-state index contributed by atoms with van der Waals surface area (Å²) in [6.07, 6.45) is 0. The van der Waals surface area contributed by atoms with Crippen LogP contribution in [0, 0.1) is 5.82 Å². The van der Waals surface area contributed by atoms with E-state index in [9.17, 15) is 14.3 Å². The first-order valence-corrected chi connectivity index (χ1v) is 8.56. The molecule has 0 fully saturated rings. The van der Waals surface area contributed by atoms with Gasteiger partial charge in [-0.3, -0.25) is 0 Å². The summed E-state index contributed by atoms with van der Waals surface area (Å²) in [4.78, 5) is 12.2. The minimum absolute atomic E-state index is 0.240. The minimum atomic E-state index is -0.913. The number of thiophene rings is 1. The summed E-state index contributed by atoms with van der Waals surface area (Å²) in [6, 6.07) is 14.0. The van der Waals surface area contributed by atoms with Gasteiger partial charge in [0.05, 0.1) is 5.56 Å². The highest BCUT2D eigenvalue weighted by atomic mass is 32.1. The Morgan fingerprint density at radius 2 is 1.71 bits per heavy atom. The lowest BCUT2D eigenvalue weighted by Gasteiger charge is -2.15. The SMILES string of the molecule is CC(C)c1cc(-c2ccc(F)cc2)ccc1-c1sccc1C(=O)O. The number of carboxylic acids is 1. The molecule has 0 saturated carbocycles. The van der Waals surface area contributed by atoms with Gasteiger partial charge >= 0.3 is 5.97 Å². The monoisotopic (exact) mass is 340 g/mol. The molecule has 0 aliphatic rings. The first-order valence-electron chi connectivity index (χ1n) is 7.68. The molecule has 0 spiro atoms. The number of hydrogen-bond donors (Lipinski definition) is 1. The van der Waals surface area contributed by atoms with Crippen molar-refractivity contribution in [2.75, 3.05) is 0 Å². The zero-order valence-corrected chi connectivity index (χ0v) is 14.2. The van der Waals surface area contributed by atoms with E-state index in [1.165, 1.54) is 23.5 Å². The lowest BCUT2D eigenvalue weighted by Crippen LogP contribution is -1.99. The van der Waals surface area contributed by atoms with Gasteiger partial charge in [0, 0.05) is 4.88 Å². The van der Waals surface area contributed by atoms with Crippen molar-refractivity contribution in [1.82, 2.24) is 0 Å². The molecule has 0 atom stereocenters. The van der Waals surface area contributed by atoms with E-state index in [-0.39, 0.29) is 11.7 Å². The molecule has 3 aromatic rings. The Labute approximate surface area is 144 Å². The summed E-state index contributed by atoms with van der Waals surface area (Å²) < 4.78 is 13.1. The average molecular weight is 340 g/mol. The molecule has 0 aliphatic heterocycles. The molecule has 2 aromatic carbocycles. The standard InChI is InChI=1S/C20H17FO2S/c1-12(2)18-11-14(13-3-6-15(21)7-4-13)5-8-16(18)19-17(20(22)23)9-10-24-19/h3-12H,1-2H3,(H,22,23). The second-order valence-corrected chi connectivity index (χ2v) is 6.85. The topological polar surface area (TPSA) is 37.3 Å². The van der Waals surface area contributed by atoms with E-state index in [2.05, 4.69) is 19.9 Å². The van der Waals surface area contributed by atoms with Crippen LogP contribution >= 0.6 is 11.3 Å². The zero-order chi connectivity index (χ0) is 17.3. The van der Waals surface area contributed by atoms with Gasteiger partial charge in [-0.2, -0.15) is 0 Å². The smallest absolute Gasteiger partial charge is 0.337 e. The van der Waals surface area contributed by atoms with Crippen molar-refractivity contribution in [3.8, 4) is 21.6 Å². The van der Waals surface area contributed by atoms with E-state index < -0.39 is 5.97 Å². The normalized spacial score (nSPS) is 11.0. The number of hydrogen-bond acceptors (Lipinski definition) is 2. The van der Waals surface area contributed by atoms with Crippen molar-refractivity contribution in [2.45, 2.75) is 19.8 Å². The summed E-state index contributed by atoms with van der Waals surface area (Å²) >= 11 is 1.44. The Kier molecular flexibility index (Phi) is 4.49. The molecule has 0 unspecified atom stereocenters. The Morgan fingerprint density at radius 1 is 1.04 bits per heavy atom. The fourth-order valence-corrected chi connectivity index (χ4v) is 3.69. The first-order chi connectivity index (χ1) is 11.5. The fraction of sp³-hybridized carbons (Fsp3) is 0.150. The molecule has 2 nitrogen and oxygen atoms in total. The van der Waals surface area contributed by atoms with Crippen LogP contribution in [0.15, 0.2) is 53.9 Å². The van der Waals surface area contributed by atoms with Gasteiger partial charge in [-0.05, 0) is 51.8 Å². The predicted octanol–water partition coefficient (Wildman–Crippen LogP) is 6.04. The Bertz CT molecular complexity index is 879. The number of benzene rings is 2. The lowest BCUT2D eigenvalue weighted by atomic mass is 9.91. The number of rotatable bonds is 4. The summed E-state index contributed by atoms with van der Waals surface area (Å²) in [5, 5.41) is 11.2. The van der Waals surface area contributed by atoms with Crippen molar-refractivity contribution in [2.24, 2.45) is 0 Å². The van der Waals surface area contributed by atoms with Gasteiger partial charge in [-0.1, -0.05) is 44.2 Å². The molecule has 1 N–H and O–H groups in total. The maximum atomic E-state index is 13.1. The Hall–Kier alpha value is -2.46. The lowest BCUT2D eigenvalue weighted by molar-refractivity contribution is 0.0698. The molecular formula is C20H17FO2S. The van der Waals surface area contributed by atoms with Gasteiger partial charge in [0.25, 0.3) is 0 Å². The second kappa shape index (κ2) is 6.57. The second-order valence-electron chi connectivity index (χ2n) is 5.93. The molecule has 122 valence electrons. The Morgan fingerprint density at radius 3 is 2.33 bits per heavy atom. The van der Waals surface area contributed by atoms with Crippen LogP contribution in [0.3, 0.4) is 0 Å². The van der Waals surface area contributed by atoms with E-state index in [4.69, 9.17) is 0 Å².